The second kappa shape index (κ2) is 12.5. The van der Waals surface area contributed by atoms with Crippen molar-refractivity contribution < 1.29 is 18.3 Å². The number of hydrogen-bond acceptors (Lipinski definition) is 8. The third kappa shape index (κ3) is 5.32. The quantitative estimate of drug-likeness (QED) is 0.158. The lowest BCUT2D eigenvalue weighted by atomic mass is 9.89. The molecule has 0 radical (unpaired) electrons. The van der Waals surface area contributed by atoms with E-state index < -0.39 is 23.6 Å². The number of aryl methyl sites for hydroxylation is 1. The van der Waals surface area contributed by atoms with Gasteiger partial charge in [-0.25, -0.2) is 13.8 Å². The molecule has 2 fully saturated rings. The summed E-state index contributed by atoms with van der Waals surface area (Å²) in [6.45, 7) is 13.8. The fourth-order valence-electron chi connectivity index (χ4n) is 7.65. The van der Waals surface area contributed by atoms with E-state index in [4.69, 9.17) is 16.6 Å². The van der Waals surface area contributed by atoms with Crippen LogP contribution in [0.25, 0.3) is 32.9 Å². The van der Waals surface area contributed by atoms with Crippen LogP contribution in [0.1, 0.15) is 44.2 Å². The number of fused-ring (bicyclic) bond motifs is 4. The summed E-state index contributed by atoms with van der Waals surface area (Å²) in [5.74, 6) is -2.02. The van der Waals surface area contributed by atoms with Gasteiger partial charge in [-0.3, -0.25) is 14.8 Å². The second-order valence-corrected chi connectivity index (χ2v) is 14.3. The molecule has 11 nitrogen and oxygen atoms in total. The largest absolute Gasteiger partial charge is 0.349 e. The highest BCUT2D eigenvalue weighted by Gasteiger charge is 2.46. The van der Waals surface area contributed by atoms with Gasteiger partial charge in [0.2, 0.25) is 5.69 Å². The Balaban J connectivity index is 1.38. The number of likely N-dealkylation sites (tertiary alicyclic amines) is 1. The molecule has 4 aromatic rings. The number of benzene rings is 2. The normalized spacial score (nSPS) is 20.5. The zero-order valence-electron chi connectivity index (χ0n) is 28.7. The van der Waals surface area contributed by atoms with Gasteiger partial charge in [0.1, 0.15) is 17.0 Å². The number of aromatic nitrogens is 3. The Morgan fingerprint density at radius 2 is 2.06 bits per heavy atom. The number of nitriles is 1. The SMILES string of the molecule is C=C(F)C(=O)N1CCC(/C=[N+]2\N=Nc3c(N4CC(C)(N(C)CC)C4)nc4c(F)c(-c5c(C)c(C)cc6[nH]ncc56)c(Cl)cc4c32)C[C@H]1CC#N. The van der Waals surface area contributed by atoms with Crippen molar-refractivity contribution in [3.63, 3.8) is 0 Å². The monoisotopic (exact) mass is 699 g/mol. The number of rotatable bonds is 7. The van der Waals surface area contributed by atoms with E-state index in [2.05, 4.69) is 63.9 Å². The zero-order valence-corrected chi connectivity index (χ0v) is 29.4. The van der Waals surface area contributed by atoms with Crippen LogP contribution in [0.4, 0.5) is 26.0 Å². The maximum Gasteiger partial charge on any atom is 0.295 e. The highest BCUT2D eigenvalue weighted by atomic mass is 35.5. The van der Waals surface area contributed by atoms with Crippen molar-refractivity contribution in [1.82, 2.24) is 25.0 Å². The number of pyridine rings is 1. The zero-order chi connectivity index (χ0) is 35.6. The number of H-pyrrole nitrogens is 1. The number of carbonyl (C=O) groups excluding carboxylic acids is 1. The molecule has 3 aliphatic heterocycles. The van der Waals surface area contributed by atoms with Gasteiger partial charge in [-0.15, -0.1) is 4.68 Å². The maximum absolute atomic E-state index is 17.2. The molecule has 0 bridgehead atoms. The summed E-state index contributed by atoms with van der Waals surface area (Å²) in [6, 6.07) is 5.33. The molecule has 50 heavy (non-hydrogen) atoms. The van der Waals surface area contributed by atoms with Crippen LogP contribution in [0.3, 0.4) is 0 Å². The summed E-state index contributed by atoms with van der Waals surface area (Å²) in [4.78, 5) is 23.2. The minimum atomic E-state index is -1.05. The van der Waals surface area contributed by atoms with E-state index in [-0.39, 0.29) is 40.5 Å². The van der Waals surface area contributed by atoms with Gasteiger partial charge in [-0.2, -0.15) is 10.4 Å². The Kier molecular flexibility index (Phi) is 8.43. The molecular formula is C36H38ClF2N10O+. The van der Waals surface area contributed by atoms with Crippen molar-refractivity contribution in [1.29, 1.82) is 5.26 Å². The Bertz CT molecular complexity index is 2200. The standard InChI is InChI=1S/C36H38ClF2N10O/c1-7-46(6)36(5)17-47(18-36)34-32-33(49(45-44-32)16-22-9-11-48(35(50)21(4)38)23(13-22)8-10-40)24-14-26(37)29(30(39)31(24)42-34)28-20(3)19(2)12-27-25(28)15-41-43-27/h12,14-16,22-23H,4,7-9,11,13,17-18H2,1-3,5-6H3,(H,41,43)/q+1/b49-16-/t22?,23-/m1/s1. The smallest absolute Gasteiger partial charge is 0.295 e. The van der Waals surface area contributed by atoms with Gasteiger partial charge in [0, 0.05) is 48.1 Å². The van der Waals surface area contributed by atoms with Crippen LogP contribution in [-0.2, 0) is 4.79 Å². The molecule has 3 aliphatic rings. The maximum atomic E-state index is 17.2. The lowest BCUT2D eigenvalue weighted by Gasteiger charge is -2.53. The molecule has 7 rings (SSSR count). The van der Waals surface area contributed by atoms with E-state index in [0.29, 0.717) is 54.1 Å². The summed E-state index contributed by atoms with van der Waals surface area (Å²) in [7, 11) is 2.09. The summed E-state index contributed by atoms with van der Waals surface area (Å²) in [5, 5.41) is 27.2. The van der Waals surface area contributed by atoms with E-state index in [0.717, 1.165) is 28.6 Å². The molecule has 2 aromatic carbocycles. The van der Waals surface area contributed by atoms with E-state index in [1.807, 2.05) is 26.1 Å². The van der Waals surface area contributed by atoms with Gasteiger partial charge >= 0.3 is 0 Å². The van der Waals surface area contributed by atoms with E-state index in [1.165, 1.54) is 4.90 Å². The van der Waals surface area contributed by atoms with Crippen molar-refractivity contribution in [3.8, 4) is 17.2 Å². The van der Waals surface area contributed by atoms with Crippen LogP contribution in [-0.4, -0.2) is 86.6 Å². The van der Waals surface area contributed by atoms with Gasteiger partial charge in [-0.05, 0) is 70.5 Å². The summed E-state index contributed by atoms with van der Waals surface area (Å²) >= 11 is 7.02. The fourth-order valence-corrected chi connectivity index (χ4v) is 7.93. The summed E-state index contributed by atoms with van der Waals surface area (Å²) < 4.78 is 32.7. The van der Waals surface area contributed by atoms with E-state index in [9.17, 15) is 14.4 Å². The number of aromatic amines is 1. The molecule has 1 unspecified atom stereocenters. The molecule has 258 valence electrons. The number of piperidine rings is 1. The molecule has 0 spiro atoms. The van der Waals surface area contributed by atoms with Gasteiger partial charge in [0.15, 0.2) is 17.5 Å². The van der Waals surface area contributed by atoms with Crippen LogP contribution in [0, 0.1) is 36.9 Å². The molecular weight excluding hydrogens is 662 g/mol. The van der Waals surface area contributed by atoms with Crippen molar-refractivity contribution in [2.45, 2.75) is 58.5 Å². The topological polar surface area (TPSA) is 120 Å². The van der Waals surface area contributed by atoms with E-state index >= 15 is 4.39 Å². The number of nitrogens with zero attached hydrogens (tertiary/aromatic N) is 9. The predicted octanol–water partition coefficient (Wildman–Crippen LogP) is 7.45. The van der Waals surface area contributed by atoms with Crippen molar-refractivity contribution in [2.75, 3.05) is 38.1 Å². The number of halogens is 3. The lowest BCUT2D eigenvalue weighted by molar-refractivity contribution is -0.442. The fraction of sp³-hybridized carbons (Fsp3) is 0.417. The Labute approximate surface area is 293 Å². The first-order chi connectivity index (χ1) is 23.9. The molecule has 5 heterocycles. The third-order valence-corrected chi connectivity index (χ3v) is 11.1. The van der Waals surface area contributed by atoms with E-state index in [1.54, 1.807) is 16.9 Å². The summed E-state index contributed by atoms with van der Waals surface area (Å²) in [6.07, 6.45) is 4.52. The van der Waals surface area contributed by atoms with Crippen LogP contribution < -0.4 is 4.90 Å². The van der Waals surface area contributed by atoms with Gasteiger partial charge in [-0.1, -0.05) is 25.1 Å². The van der Waals surface area contributed by atoms with Crippen LogP contribution in [0.15, 0.2) is 41.1 Å². The predicted molar refractivity (Wildman–Crippen MR) is 189 cm³/mol. The number of amides is 1. The number of anilines is 1. The highest BCUT2D eigenvalue weighted by molar-refractivity contribution is 6.35. The third-order valence-electron chi connectivity index (χ3n) is 10.8. The van der Waals surface area contributed by atoms with Crippen LogP contribution >= 0.6 is 11.6 Å². The number of likely N-dealkylation sites (N-methyl/N-ethyl adjacent to an activating group) is 1. The molecule has 2 saturated heterocycles. The van der Waals surface area contributed by atoms with Crippen LogP contribution in [0.2, 0.25) is 5.02 Å². The molecule has 0 saturated carbocycles. The molecule has 2 aromatic heterocycles. The average molecular weight is 700 g/mol. The molecule has 0 aliphatic carbocycles. The molecule has 2 atom stereocenters. The average Bonchev–Trinajstić information content (AvgIpc) is 3.71. The minimum absolute atomic E-state index is 0.0459. The first-order valence-electron chi connectivity index (χ1n) is 16.7. The highest BCUT2D eigenvalue weighted by Crippen LogP contribution is 2.51. The van der Waals surface area contributed by atoms with Crippen molar-refractivity contribution in [3.05, 3.63) is 52.7 Å². The number of hydrogen-bond donors (Lipinski definition) is 1. The molecule has 14 heteroatoms. The summed E-state index contributed by atoms with van der Waals surface area (Å²) in [5.41, 5.74) is 4.64. The van der Waals surface area contributed by atoms with Gasteiger partial charge in [0.25, 0.3) is 11.6 Å². The Morgan fingerprint density at radius 1 is 1.30 bits per heavy atom. The lowest BCUT2D eigenvalue weighted by Crippen LogP contribution is -2.68. The first kappa shape index (κ1) is 33.7. The second-order valence-electron chi connectivity index (χ2n) is 13.9. The Hall–Kier alpha value is -4.80. The van der Waals surface area contributed by atoms with Gasteiger partial charge < -0.3 is 9.80 Å². The molecule has 1 amide bonds. The number of carbonyl (C=O) groups is 1. The molecule has 1 N–H and O–H groups in total. The first-order valence-corrected chi connectivity index (χ1v) is 17.1. The number of nitrogens with one attached hydrogen (secondary N) is 1. The van der Waals surface area contributed by atoms with Crippen molar-refractivity contribution >= 4 is 62.7 Å². The van der Waals surface area contributed by atoms with Crippen LogP contribution in [0.5, 0.6) is 0 Å². The van der Waals surface area contributed by atoms with Crippen molar-refractivity contribution in [2.24, 2.45) is 16.3 Å². The Morgan fingerprint density at radius 3 is 2.76 bits per heavy atom. The van der Waals surface area contributed by atoms with Gasteiger partial charge in [0.05, 0.1) is 45.3 Å². The minimum Gasteiger partial charge on any atom is -0.349 e.